The fourth-order valence-corrected chi connectivity index (χ4v) is 9.43. The Morgan fingerprint density at radius 3 is 1.43 bits per heavy atom. The zero-order valence-corrected chi connectivity index (χ0v) is 31.8. The van der Waals surface area contributed by atoms with Crippen molar-refractivity contribution >= 4 is 17.1 Å². The lowest BCUT2D eigenvalue weighted by atomic mass is 9.65. The Morgan fingerprint density at radius 2 is 0.946 bits per heavy atom. The standard InChI is InChI=1S/C52H42N4/c1-51(2)44-20-10-12-22-46(44)56(47-23-13-11-21-45(47)51)41-30-28-40(29-31-41)52(32-14-5-15-33-52)39-26-24-36(25-27-39)48-42(34-53)49(37-16-6-3-7-17-37)55-50(43(48)35-54)38-18-8-4-9-19-38/h3-4,6-13,16-31H,5,14-15,32-33H2,1-2H3. The molecule has 7 aromatic rings. The molecule has 0 unspecified atom stereocenters. The van der Waals surface area contributed by atoms with Crippen LogP contribution in [0.3, 0.4) is 0 Å². The molecule has 56 heavy (non-hydrogen) atoms. The van der Waals surface area contributed by atoms with Crippen LogP contribution in [0.4, 0.5) is 17.1 Å². The minimum absolute atomic E-state index is 0.105. The molecular weight excluding hydrogens is 681 g/mol. The molecule has 4 heteroatoms. The third-order valence-corrected chi connectivity index (χ3v) is 12.3. The van der Waals surface area contributed by atoms with Gasteiger partial charge in [-0.1, -0.05) is 167 Å². The molecular formula is C52H42N4. The van der Waals surface area contributed by atoms with Gasteiger partial charge in [0.15, 0.2) is 0 Å². The average Bonchev–Trinajstić information content (AvgIpc) is 3.27. The first-order valence-corrected chi connectivity index (χ1v) is 19.6. The van der Waals surface area contributed by atoms with E-state index in [0.717, 1.165) is 48.1 Å². The van der Waals surface area contributed by atoms with Gasteiger partial charge in [0.2, 0.25) is 0 Å². The number of fused-ring (bicyclic) bond motifs is 2. The maximum atomic E-state index is 10.7. The van der Waals surface area contributed by atoms with Crippen molar-refractivity contribution < 1.29 is 0 Å². The molecule has 1 fully saturated rings. The molecule has 0 N–H and O–H groups in total. The smallest absolute Gasteiger partial charge is 0.102 e. The molecule has 1 aliphatic carbocycles. The Kier molecular flexibility index (Phi) is 8.84. The van der Waals surface area contributed by atoms with Gasteiger partial charge < -0.3 is 4.90 Å². The van der Waals surface area contributed by atoms with Gasteiger partial charge in [-0.3, -0.25) is 0 Å². The fraction of sp³-hybridized carbons (Fsp3) is 0.173. The van der Waals surface area contributed by atoms with E-state index in [0.29, 0.717) is 28.1 Å². The van der Waals surface area contributed by atoms with Crippen molar-refractivity contribution in [3.63, 3.8) is 0 Å². The number of aromatic nitrogens is 1. The molecule has 0 bridgehead atoms. The second-order valence-electron chi connectivity index (χ2n) is 15.7. The van der Waals surface area contributed by atoms with Gasteiger partial charge in [-0.05, 0) is 64.9 Å². The van der Waals surface area contributed by atoms with Gasteiger partial charge in [-0.15, -0.1) is 0 Å². The minimum atomic E-state index is -0.145. The molecule has 1 aromatic heterocycles. The van der Waals surface area contributed by atoms with Crippen LogP contribution >= 0.6 is 0 Å². The summed E-state index contributed by atoms with van der Waals surface area (Å²) in [6.07, 6.45) is 5.68. The van der Waals surface area contributed by atoms with E-state index in [2.05, 4.69) is 128 Å². The summed E-state index contributed by atoms with van der Waals surface area (Å²) in [6, 6.07) is 60.1. The van der Waals surface area contributed by atoms with Gasteiger partial charge in [-0.25, -0.2) is 4.98 Å². The van der Waals surface area contributed by atoms with Crippen molar-refractivity contribution in [3.8, 4) is 45.8 Å². The molecule has 9 rings (SSSR count). The number of anilines is 3. The van der Waals surface area contributed by atoms with Crippen molar-refractivity contribution in [3.05, 3.63) is 191 Å². The van der Waals surface area contributed by atoms with Crippen molar-refractivity contribution in [2.45, 2.75) is 56.8 Å². The highest BCUT2D eigenvalue weighted by Gasteiger charge is 2.38. The molecule has 0 radical (unpaired) electrons. The monoisotopic (exact) mass is 722 g/mol. The highest BCUT2D eigenvalue weighted by Crippen LogP contribution is 2.52. The van der Waals surface area contributed by atoms with E-state index in [1.165, 1.54) is 40.0 Å². The predicted molar refractivity (Wildman–Crippen MR) is 227 cm³/mol. The van der Waals surface area contributed by atoms with Crippen LogP contribution < -0.4 is 4.90 Å². The molecule has 6 aromatic carbocycles. The Balaban J connectivity index is 1.14. The molecule has 0 spiro atoms. The lowest BCUT2D eigenvalue weighted by Gasteiger charge is -2.42. The van der Waals surface area contributed by atoms with E-state index in [1.54, 1.807) is 0 Å². The number of hydrogen-bond donors (Lipinski definition) is 0. The number of pyridine rings is 1. The van der Waals surface area contributed by atoms with Crippen molar-refractivity contribution in [2.24, 2.45) is 0 Å². The topological polar surface area (TPSA) is 63.7 Å². The van der Waals surface area contributed by atoms with E-state index < -0.39 is 0 Å². The highest BCUT2D eigenvalue weighted by atomic mass is 15.2. The third kappa shape index (κ3) is 5.69. The first kappa shape index (κ1) is 35.0. The van der Waals surface area contributed by atoms with E-state index >= 15 is 0 Å². The second kappa shape index (κ2) is 14.2. The van der Waals surface area contributed by atoms with Crippen LogP contribution in [-0.4, -0.2) is 4.98 Å². The van der Waals surface area contributed by atoms with Crippen LogP contribution in [0.25, 0.3) is 33.6 Å². The first-order chi connectivity index (χ1) is 27.4. The number of nitriles is 2. The van der Waals surface area contributed by atoms with Crippen LogP contribution in [0.1, 0.15) is 79.3 Å². The Morgan fingerprint density at radius 1 is 0.500 bits per heavy atom. The Bertz CT molecular complexity index is 2510. The van der Waals surface area contributed by atoms with Crippen LogP contribution in [0, 0.1) is 22.7 Å². The molecule has 0 amide bonds. The van der Waals surface area contributed by atoms with Crippen LogP contribution in [0.5, 0.6) is 0 Å². The largest absolute Gasteiger partial charge is 0.310 e. The summed E-state index contributed by atoms with van der Waals surface area (Å²) in [6.45, 7) is 4.65. The van der Waals surface area contributed by atoms with Crippen LogP contribution in [-0.2, 0) is 10.8 Å². The lowest BCUT2D eigenvalue weighted by Crippen LogP contribution is -2.31. The summed E-state index contributed by atoms with van der Waals surface area (Å²) >= 11 is 0. The normalized spacial score (nSPS) is 15.2. The molecule has 2 heterocycles. The van der Waals surface area contributed by atoms with Gasteiger partial charge in [-0.2, -0.15) is 10.5 Å². The second-order valence-corrected chi connectivity index (χ2v) is 15.7. The summed E-state index contributed by atoms with van der Waals surface area (Å²) in [7, 11) is 0. The van der Waals surface area contributed by atoms with Gasteiger partial charge in [0, 0.05) is 33.2 Å². The molecule has 0 saturated heterocycles. The molecule has 1 aliphatic heterocycles. The van der Waals surface area contributed by atoms with E-state index in [1.807, 2.05) is 60.7 Å². The van der Waals surface area contributed by atoms with Crippen LogP contribution in [0.2, 0.25) is 0 Å². The maximum Gasteiger partial charge on any atom is 0.102 e. The average molecular weight is 723 g/mol. The molecule has 270 valence electrons. The summed E-state index contributed by atoms with van der Waals surface area (Å²) in [5, 5.41) is 21.4. The SMILES string of the molecule is CC1(C)c2ccccc2N(c2ccc(C3(c4ccc(-c5c(C#N)c(-c6ccccc6)nc(-c6ccccc6)c5C#N)cc4)CCCCC3)cc2)c2ccccc21. The van der Waals surface area contributed by atoms with E-state index in [9.17, 15) is 10.5 Å². The quantitative estimate of drug-likeness (QED) is 0.171. The predicted octanol–water partition coefficient (Wildman–Crippen LogP) is 13.2. The third-order valence-electron chi connectivity index (χ3n) is 12.3. The Hall–Kier alpha value is -6.75. The number of para-hydroxylation sites is 2. The Labute approximate surface area is 330 Å². The molecule has 2 aliphatic rings. The number of rotatable bonds is 6. The number of nitrogens with zero attached hydrogens (tertiary/aromatic N) is 4. The van der Waals surface area contributed by atoms with Gasteiger partial charge >= 0.3 is 0 Å². The van der Waals surface area contributed by atoms with E-state index in [-0.39, 0.29) is 10.8 Å². The zero-order valence-electron chi connectivity index (χ0n) is 31.8. The molecule has 1 saturated carbocycles. The first-order valence-electron chi connectivity index (χ1n) is 19.6. The van der Waals surface area contributed by atoms with Crippen molar-refractivity contribution in [1.82, 2.24) is 4.98 Å². The summed E-state index contributed by atoms with van der Waals surface area (Å²) in [5.41, 5.74) is 13.7. The van der Waals surface area contributed by atoms with E-state index in [4.69, 9.17) is 4.98 Å². The summed E-state index contributed by atoms with van der Waals surface area (Å²) in [5.74, 6) is 0. The van der Waals surface area contributed by atoms with Gasteiger partial charge in [0.25, 0.3) is 0 Å². The van der Waals surface area contributed by atoms with Crippen molar-refractivity contribution in [1.29, 1.82) is 10.5 Å². The molecule has 4 nitrogen and oxygen atoms in total. The number of benzene rings is 6. The minimum Gasteiger partial charge on any atom is -0.310 e. The van der Waals surface area contributed by atoms with Gasteiger partial charge in [0.1, 0.15) is 12.1 Å². The lowest BCUT2D eigenvalue weighted by molar-refractivity contribution is 0.346. The fourth-order valence-electron chi connectivity index (χ4n) is 9.43. The summed E-state index contributed by atoms with van der Waals surface area (Å²) < 4.78 is 0. The highest BCUT2D eigenvalue weighted by molar-refractivity contribution is 5.90. The maximum absolute atomic E-state index is 10.7. The van der Waals surface area contributed by atoms with Crippen molar-refractivity contribution in [2.75, 3.05) is 4.90 Å². The zero-order chi connectivity index (χ0) is 38.3. The van der Waals surface area contributed by atoms with Crippen LogP contribution in [0.15, 0.2) is 158 Å². The summed E-state index contributed by atoms with van der Waals surface area (Å²) in [4.78, 5) is 7.43. The molecule has 0 atom stereocenters. The number of hydrogen-bond acceptors (Lipinski definition) is 4. The van der Waals surface area contributed by atoms with Gasteiger partial charge in [0.05, 0.1) is 33.9 Å².